The van der Waals surface area contributed by atoms with E-state index in [0.29, 0.717) is 22.8 Å². The Kier molecular flexibility index (Phi) is 7.54. The lowest BCUT2D eigenvalue weighted by Gasteiger charge is -2.12. The monoisotopic (exact) mass is 431 g/mol. The van der Waals surface area contributed by atoms with E-state index in [4.69, 9.17) is 14.2 Å². The Balaban J connectivity index is 1.70. The van der Waals surface area contributed by atoms with Crippen LogP contribution in [0, 0.1) is 0 Å². The van der Waals surface area contributed by atoms with Crippen LogP contribution in [0.5, 0.6) is 23.0 Å². The van der Waals surface area contributed by atoms with Crippen LogP contribution in [0.2, 0.25) is 0 Å². The van der Waals surface area contributed by atoms with Gasteiger partial charge >= 0.3 is 0 Å². The van der Waals surface area contributed by atoms with Crippen molar-refractivity contribution in [2.24, 2.45) is 0 Å². The van der Waals surface area contributed by atoms with Crippen LogP contribution in [0.3, 0.4) is 0 Å². The summed E-state index contributed by atoms with van der Waals surface area (Å²) in [5.41, 5.74) is 3.22. The summed E-state index contributed by atoms with van der Waals surface area (Å²) in [7, 11) is 4.74. The molecule has 0 aliphatic rings. The van der Waals surface area contributed by atoms with E-state index in [9.17, 15) is 9.90 Å². The Morgan fingerprint density at radius 1 is 0.844 bits per heavy atom. The molecule has 164 valence electrons. The number of allylic oxidation sites excluding steroid dienone is 1. The van der Waals surface area contributed by atoms with E-state index in [2.05, 4.69) is 5.32 Å². The molecular weight excluding hydrogens is 406 g/mol. The van der Waals surface area contributed by atoms with E-state index in [1.165, 1.54) is 18.2 Å². The number of aromatic hydroxyl groups is 1. The molecule has 0 fully saturated rings. The van der Waals surface area contributed by atoms with Crippen LogP contribution < -0.4 is 19.5 Å². The smallest absolute Gasteiger partial charge is 0.203 e. The molecule has 0 heterocycles. The van der Waals surface area contributed by atoms with Gasteiger partial charge in [0.1, 0.15) is 5.75 Å². The number of phenolic OH excluding ortho intramolecular Hbond substituents is 1. The van der Waals surface area contributed by atoms with Crippen LogP contribution in [0.15, 0.2) is 72.9 Å². The number of phenols is 1. The number of hydrogen-bond acceptors (Lipinski definition) is 6. The number of hydrogen-bond donors (Lipinski definition) is 2. The summed E-state index contributed by atoms with van der Waals surface area (Å²) < 4.78 is 16.1. The number of nitrogens with one attached hydrogen (secondary N) is 1. The normalized spacial score (nSPS) is 11.0. The quantitative estimate of drug-likeness (QED) is 0.268. The van der Waals surface area contributed by atoms with Crippen molar-refractivity contribution in [3.05, 3.63) is 89.6 Å². The van der Waals surface area contributed by atoms with Crippen molar-refractivity contribution < 1.29 is 24.1 Å². The fourth-order valence-electron chi connectivity index (χ4n) is 3.06. The van der Waals surface area contributed by atoms with Crippen LogP contribution in [-0.4, -0.2) is 32.2 Å². The predicted octanol–water partition coefficient (Wildman–Crippen LogP) is 5.40. The van der Waals surface area contributed by atoms with Gasteiger partial charge in [0.25, 0.3) is 0 Å². The van der Waals surface area contributed by atoms with E-state index in [1.807, 2.05) is 48.6 Å². The lowest BCUT2D eigenvalue weighted by atomic mass is 10.1. The van der Waals surface area contributed by atoms with Gasteiger partial charge in [0.2, 0.25) is 5.75 Å². The average Bonchev–Trinajstić information content (AvgIpc) is 2.82. The molecule has 0 saturated carbocycles. The van der Waals surface area contributed by atoms with E-state index in [-0.39, 0.29) is 11.5 Å². The average molecular weight is 431 g/mol. The molecule has 0 aliphatic heterocycles. The third kappa shape index (κ3) is 5.70. The lowest BCUT2D eigenvalue weighted by Crippen LogP contribution is -1.96. The van der Waals surface area contributed by atoms with Crippen molar-refractivity contribution in [2.45, 2.75) is 0 Å². The van der Waals surface area contributed by atoms with Gasteiger partial charge in [-0.1, -0.05) is 24.3 Å². The molecule has 6 heteroatoms. The molecule has 3 aromatic carbocycles. The standard InChI is InChI=1S/C26H25NO5/c1-30-24-16-19(17-25(31-2)26(24)32-3)8-7-18-5-4-6-21(15-18)27-14-13-23(29)20-9-11-22(28)12-10-20/h4-17,27-28H,1-3H3/b8-7+,14-13-. The Bertz CT molecular complexity index is 1110. The van der Waals surface area contributed by atoms with Gasteiger partial charge in [-0.3, -0.25) is 4.79 Å². The molecule has 0 spiro atoms. The maximum Gasteiger partial charge on any atom is 0.203 e. The van der Waals surface area contributed by atoms with Gasteiger partial charge in [-0.25, -0.2) is 0 Å². The van der Waals surface area contributed by atoms with Gasteiger partial charge in [0.05, 0.1) is 21.3 Å². The highest BCUT2D eigenvalue weighted by Gasteiger charge is 2.12. The molecule has 0 radical (unpaired) electrons. The summed E-state index contributed by atoms with van der Waals surface area (Å²) in [6, 6.07) is 17.6. The topological polar surface area (TPSA) is 77.0 Å². The van der Waals surface area contributed by atoms with Crippen molar-refractivity contribution >= 4 is 23.6 Å². The van der Waals surface area contributed by atoms with Crippen LogP contribution in [0.1, 0.15) is 21.5 Å². The third-order valence-electron chi connectivity index (χ3n) is 4.68. The summed E-state index contributed by atoms with van der Waals surface area (Å²) in [6.45, 7) is 0. The van der Waals surface area contributed by atoms with Crippen LogP contribution in [0.25, 0.3) is 12.2 Å². The maximum absolute atomic E-state index is 12.2. The first-order valence-electron chi connectivity index (χ1n) is 9.88. The second kappa shape index (κ2) is 10.7. The second-order valence-corrected chi connectivity index (χ2v) is 6.81. The van der Waals surface area contributed by atoms with Gasteiger partial charge in [-0.2, -0.15) is 0 Å². The van der Waals surface area contributed by atoms with Crippen molar-refractivity contribution in [3.8, 4) is 23.0 Å². The lowest BCUT2D eigenvalue weighted by molar-refractivity contribution is 0.104. The molecule has 0 saturated heterocycles. The van der Waals surface area contributed by atoms with E-state index < -0.39 is 0 Å². The molecule has 0 bridgehead atoms. The number of benzene rings is 3. The minimum atomic E-state index is -0.157. The van der Waals surface area contributed by atoms with E-state index in [1.54, 1.807) is 39.7 Å². The first-order valence-corrected chi connectivity index (χ1v) is 9.88. The van der Waals surface area contributed by atoms with E-state index in [0.717, 1.165) is 16.8 Å². The van der Waals surface area contributed by atoms with Gasteiger partial charge in [0, 0.05) is 23.5 Å². The summed E-state index contributed by atoms with van der Waals surface area (Å²) in [5, 5.41) is 12.4. The number of carbonyl (C=O) groups excluding carboxylic acids is 1. The fourth-order valence-corrected chi connectivity index (χ4v) is 3.06. The van der Waals surface area contributed by atoms with E-state index >= 15 is 0 Å². The van der Waals surface area contributed by atoms with Crippen molar-refractivity contribution in [1.29, 1.82) is 0 Å². The Labute approximate surface area is 187 Å². The van der Waals surface area contributed by atoms with Crippen molar-refractivity contribution in [1.82, 2.24) is 0 Å². The van der Waals surface area contributed by atoms with Gasteiger partial charge in [-0.05, 0) is 59.7 Å². The minimum absolute atomic E-state index is 0.125. The van der Waals surface area contributed by atoms with Gasteiger partial charge < -0.3 is 24.6 Å². The molecule has 0 unspecified atom stereocenters. The van der Waals surface area contributed by atoms with Gasteiger partial charge in [-0.15, -0.1) is 0 Å². The van der Waals surface area contributed by atoms with Crippen LogP contribution in [0.4, 0.5) is 5.69 Å². The predicted molar refractivity (Wildman–Crippen MR) is 127 cm³/mol. The molecule has 32 heavy (non-hydrogen) atoms. The molecule has 3 rings (SSSR count). The molecule has 0 amide bonds. The number of rotatable bonds is 9. The Morgan fingerprint density at radius 3 is 2.12 bits per heavy atom. The van der Waals surface area contributed by atoms with Crippen LogP contribution in [-0.2, 0) is 0 Å². The summed E-state index contributed by atoms with van der Waals surface area (Å²) in [6.07, 6.45) is 6.97. The largest absolute Gasteiger partial charge is 0.508 e. The zero-order chi connectivity index (χ0) is 22.9. The zero-order valence-electron chi connectivity index (χ0n) is 18.2. The number of ketones is 1. The Morgan fingerprint density at radius 2 is 1.50 bits per heavy atom. The molecule has 6 nitrogen and oxygen atoms in total. The molecule has 0 aromatic heterocycles. The number of carbonyl (C=O) groups is 1. The molecule has 0 atom stereocenters. The Hall–Kier alpha value is -4.19. The van der Waals surface area contributed by atoms with Crippen LogP contribution >= 0.6 is 0 Å². The third-order valence-corrected chi connectivity index (χ3v) is 4.68. The minimum Gasteiger partial charge on any atom is -0.508 e. The molecule has 0 aliphatic carbocycles. The maximum atomic E-state index is 12.2. The first-order chi connectivity index (χ1) is 15.5. The number of methoxy groups -OCH3 is 3. The molecule has 3 aromatic rings. The van der Waals surface area contributed by atoms with Gasteiger partial charge in [0.15, 0.2) is 17.3 Å². The first kappa shape index (κ1) is 22.5. The zero-order valence-corrected chi connectivity index (χ0v) is 18.2. The highest BCUT2D eigenvalue weighted by Crippen LogP contribution is 2.38. The highest BCUT2D eigenvalue weighted by molar-refractivity contribution is 6.04. The summed E-state index contributed by atoms with van der Waals surface area (Å²) in [4.78, 5) is 12.2. The number of ether oxygens (including phenoxy) is 3. The highest BCUT2D eigenvalue weighted by atomic mass is 16.5. The number of anilines is 1. The summed E-state index contributed by atoms with van der Waals surface area (Å²) >= 11 is 0. The summed E-state index contributed by atoms with van der Waals surface area (Å²) in [5.74, 6) is 1.69. The van der Waals surface area contributed by atoms with Crippen molar-refractivity contribution in [2.75, 3.05) is 26.6 Å². The molecule has 2 N–H and O–H groups in total. The fraction of sp³-hybridized carbons (Fsp3) is 0.115. The molecular formula is C26H25NO5. The second-order valence-electron chi connectivity index (χ2n) is 6.81. The SMILES string of the molecule is COc1cc(/C=C/c2cccc(N/C=C\C(=O)c3ccc(O)cc3)c2)cc(OC)c1OC. The van der Waals surface area contributed by atoms with Crippen molar-refractivity contribution in [3.63, 3.8) is 0 Å².